The minimum absolute atomic E-state index is 0.0737. The summed E-state index contributed by atoms with van der Waals surface area (Å²) in [5, 5.41) is 21.4. The van der Waals surface area contributed by atoms with Crippen LogP contribution >= 0.6 is 15.9 Å². The maximum absolute atomic E-state index is 9.10. The molecule has 7 nitrogen and oxygen atoms in total. The van der Waals surface area contributed by atoms with Gasteiger partial charge in [-0.05, 0) is 61.4 Å². The summed E-state index contributed by atoms with van der Waals surface area (Å²) in [6, 6.07) is 14.5. The first-order valence-corrected chi connectivity index (χ1v) is 9.61. The van der Waals surface area contributed by atoms with Crippen LogP contribution in [-0.4, -0.2) is 17.2 Å². The molecule has 0 atom stereocenters. The van der Waals surface area contributed by atoms with Gasteiger partial charge in [0.2, 0.25) is 11.9 Å². The summed E-state index contributed by atoms with van der Waals surface area (Å²) in [5.41, 5.74) is 9.03. The minimum Gasteiger partial charge on any atom is -0.441 e. The number of benzene rings is 2. The van der Waals surface area contributed by atoms with Crippen LogP contribution in [0.4, 0.5) is 5.69 Å². The monoisotopic (exact) mass is 450 g/mol. The highest BCUT2D eigenvalue weighted by Crippen LogP contribution is 2.25. The number of nitrogens with one attached hydrogen (secondary N) is 1. The van der Waals surface area contributed by atoms with Gasteiger partial charge in [-0.15, -0.1) is 0 Å². The quantitative estimate of drug-likeness (QED) is 0.412. The highest BCUT2D eigenvalue weighted by Gasteiger charge is 2.11. The van der Waals surface area contributed by atoms with Gasteiger partial charge < -0.3 is 15.8 Å². The van der Waals surface area contributed by atoms with Crippen LogP contribution in [0.15, 0.2) is 58.8 Å². The molecule has 0 saturated heterocycles. The molecule has 0 fully saturated rings. The zero-order valence-electron chi connectivity index (χ0n) is 16.0. The molecular weight excluding hydrogens is 432 g/mol. The number of aliphatic imine (C=N–C) groups is 2. The van der Waals surface area contributed by atoms with Crippen LogP contribution in [0.1, 0.15) is 22.3 Å². The Balaban J connectivity index is 2.34. The average Bonchev–Trinajstić information content (AvgIpc) is 2.69. The second kappa shape index (κ2) is 10.1. The highest BCUT2D eigenvalue weighted by atomic mass is 79.9. The molecular formula is C21H19BrN6O. The van der Waals surface area contributed by atoms with E-state index >= 15 is 0 Å². The Morgan fingerprint density at radius 1 is 1.10 bits per heavy atom. The number of ether oxygens (including phenoxy) is 1. The van der Waals surface area contributed by atoms with Gasteiger partial charge >= 0.3 is 0 Å². The lowest BCUT2D eigenvalue weighted by Crippen LogP contribution is -2.19. The number of anilines is 1. The van der Waals surface area contributed by atoms with E-state index in [9.17, 15) is 0 Å². The van der Waals surface area contributed by atoms with Crippen molar-refractivity contribution in [2.75, 3.05) is 10.6 Å². The molecule has 0 unspecified atom stereocenters. The largest absolute Gasteiger partial charge is 0.441 e. The zero-order chi connectivity index (χ0) is 21.4. The number of hydrogen-bond acceptors (Lipinski definition) is 5. The van der Waals surface area contributed by atoms with Crippen LogP contribution in [0.3, 0.4) is 0 Å². The van der Waals surface area contributed by atoms with Crippen molar-refractivity contribution in [2.24, 2.45) is 15.7 Å². The van der Waals surface area contributed by atoms with Crippen molar-refractivity contribution in [1.29, 1.82) is 10.5 Å². The van der Waals surface area contributed by atoms with E-state index in [1.54, 1.807) is 36.4 Å². The third kappa shape index (κ3) is 6.20. The summed E-state index contributed by atoms with van der Waals surface area (Å²) in [5.74, 6) is 1.21. The standard InChI is InChI=1S/C21H19BrN6O/c1-13-8-17(12-24)9-14(2)20(13)29-19(10-22)28-21(26-15(3)25)27-18-6-4-16(11-23)5-7-18/h4-9H,3,10,25H2,1-2H3,(H,26,27). The van der Waals surface area contributed by atoms with Crippen molar-refractivity contribution in [3.05, 3.63) is 71.1 Å². The number of aryl methyl sites for hydroxylation is 2. The minimum atomic E-state index is 0.0737. The topological polar surface area (TPSA) is 120 Å². The van der Waals surface area contributed by atoms with Gasteiger partial charge in [0, 0.05) is 5.69 Å². The van der Waals surface area contributed by atoms with Crippen molar-refractivity contribution in [1.82, 2.24) is 0 Å². The predicted molar refractivity (Wildman–Crippen MR) is 118 cm³/mol. The summed E-state index contributed by atoms with van der Waals surface area (Å²) in [7, 11) is 0. The van der Waals surface area contributed by atoms with E-state index in [0.29, 0.717) is 33.8 Å². The van der Waals surface area contributed by atoms with Gasteiger partial charge in [0.1, 0.15) is 11.6 Å². The molecule has 0 aliphatic carbocycles. The van der Waals surface area contributed by atoms with Crippen LogP contribution in [-0.2, 0) is 0 Å². The molecule has 0 radical (unpaired) electrons. The molecule has 0 aromatic heterocycles. The van der Waals surface area contributed by atoms with Crippen LogP contribution in [0.2, 0.25) is 0 Å². The Labute approximate surface area is 178 Å². The summed E-state index contributed by atoms with van der Waals surface area (Å²) in [6.45, 7) is 7.31. The molecule has 0 amide bonds. The summed E-state index contributed by atoms with van der Waals surface area (Å²) < 4.78 is 5.97. The third-order valence-electron chi connectivity index (χ3n) is 3.67. The Morgan fingerprint density at radius 2 is 1.69 bits per heavy atom. The number of nitrogens with two attached hydrogens (primary N) is 1. The molecule has 0 bridgehead atoms. The SMILES string of the molecule is C=C(N)N=C(N=C(CBr)Oc1c(C)cc(C#N)cc1C)Nc1ccc(C#N)cc1. The van der Waals surface area contributed by atoms with Crippen molar-refractivity contribution in [3.63, 3.8) is 0 Å². The molecule has 146 valence electrons. The fourth-order valence-electron chi connectivity index (χ4n) is 2.47. The van der Waals surface area contributed by atoms with Gasteiger partial charge in [0.25, 0.3) is 0 Å². The third-order valence-corrected chi connectivity index (χ3v) is 4.15. The highest BCUT2D eigenvalue weighted by molar-refractivity contribution is 9.09. The van der Waals surface area contributed by atoms with E-state index < -0.39 is 0 Å². The van der Waals surface area contributed by atoms with E-state index in [1.165, 1.54) is 0 Å². The summed E-state index contributed by atoms with van der Waals surface area (Å²) >= 11 is 3.37. The number of halogens is 1. The molecule has 2 rings (SSSR count). The molecule has 0 aliphatic rings. The van der Waals surface area contributed by atoms with Crippen LogP contribution in [0.5, 0.6) is 5.75 Å². The van der Waals surface area contributed by atoms with Gasteiger partial charge in [0.15, 0.2) is 0 Å². The Morgan fingerprint density at radius 3 is 2.17 bits per heavy atom. The normalized spacial score (nSPS) is 11.3. The van der Waals surface area contributed by atoms with Crippen molar-refractivity contribution < 1.29 is 4.74 Å². The van der Waals surface area contributed by atoms with Crippen molar-refractivity contribution >= 4 is 33.5 Å². The molecule has 0 saturated carbocycles. The number of guanidine groups is 1. The number of nitriles is 2. The number of nitrogens with zero attached hydrogens (tertiary/aromatic N) is 4. The Bertz CT molecular complexity index is 1040. The van der Waals surface area contributed by atoms with Crippen LogP contribution in [0, 0.1) is 36.5 Å². The number of rotatable bonds is 4. The fourth-order valence-corrected chi connectivity index (χ4v) is 2.71. The summed E-state index contributed by atoms with van der Waals surface area (Å²) in [4.78, 5) is 8.52. The lowest BCUT2D eigenvalue weighted by Gasteiger charge is -2.14. The molecule has 3 N–H and O–H groups in total. The molecule has 0 heterocycles. The van der Waals surface area contributed by atoms with E-state index in [0.717, 1.165) is 11.1 Å². The number of alkyl halides is 1. The molecule has 0 spiro atoms. The average molecular weight is 451 g/mol. The van der Waals surface area contributed by atoms with Crippen LogP contribution < -0.4 is 15.8 Å². The van der Waals surface area contributed by atoms with Crippen LogP contribution in [0.25, 0.3) is 0 Å². The van der Waals surface area contributed by atoms with E-state index in [-0.39, 0.29) is 11.8 Å². The Hall–Kier alpha value is -3.62. The van der Waals surface area contributed by atoms with E-state index in [1.807, 2.05) is 13.8 Å². The van der Waals surface area contributed by atoms with Gasteiger partial charge in [-0.25, -0.2) is 0 Å². The lowest BCUT2D eigenvalue weighted by molar-refractivity contribution is 0.540. The van der Waals surface area contributed by atoms with E-state index in [2.05, 4.69) is 49.9 Å². The molecule has 2 aromatic rings. The second-order valence-electron chi connectivity index (χ2n) is 6.03. The second-order valence-corrected chi connectivity index (χ2v) is 6.59. The van der Waals surface area contributed by atoms with Crippen molar-refractivity contribution in [3.8, 4) is 17.9 Å². The Kier molecular flexibility index (Phi) is 7.53. The predicted octanol–water partition coefficient (Wildman–Crippen LogP) is 4.12. The first-order chi connectivity index (χ1) is 13.9. The molecule has 8 heteroatoms. The van der Waals surface area contributed by atoms with Gasteiger partial charge in [-0.3, -0.25) is 0 Å². The van der Waals surface area contributed by atoms with Gasteiger partial charge in [-0.1, -0.05) is 22.5 Å². The maximum atomic E-state index is 9.10. The zero-order valence-corrected chi connectivity index (χ0v) is 17.6. The summed E-state index contributed by atoms with van der Waals surface area (Å²) in [6.07, 6.45) is 0. The smallest absolute Gasteiger partial charge is 0.232 e. The van der Waals surface area contributed by atoms with E-state index in [4.69, 9.17) is 21.0 Å². The first-order valence-electron chi connectivity index (χ1n) is 8.49. The van der Waals surface area contributed by atoms with Gasteiger partial charge in [0.05, 0.1) is 28.6 Å². The molecule has 2 aromatic carbocycles. The maximum Gasteiger partial charge on any atom is 0.232 e. The lowest BCUT2D eigenvalue weighted by atomic mass is 10.1. The molecule has 29 heavy (non-hydrogen) atoms. The molecule has 0 aliphatic heterocycles. The first kappa shape index (κ1) is 21.7. The van der Waals surface area contributed by atoms with Gasteiger partial charge in [-0.2, -0.15) is 20.5 Å². The van der Waals surface area contributed by atoms with Crippen molar-refractivity contribution in [2.45, 2.75) is 13.8 Å². The fraction of sp³-hybridized carbons (Fsp3) is 0.143. The number of hydrogen-bond donors (Lipinski definition) is 2.